The Bertz CT molecular complexity index is 251. The van der Waals surface area contributed by atoms with Crippen LogP contribution in [0.1, 0.15) is 52.9 Å². The van der Waals surface area contributed by atoms with Gasteiger partial charge in [-0.3, -0.25) is 14.4 Å². The molecule has 1 aliphatic carbocycles. The van der Waals surface area contributed by atoms with Crippen molar-refractivity contribution in [3.63, 3.8) is 0 Å². The predicted molar refractivity (Wildman–Crippen MR) is 83.9 cm³/mol. The van der Waals surface area contributed by atoms with Gasteiger partial charge in [-0.15, -0.1) is 0 Å². The van der Waals surface area contributed by atoms with Gasteiger partial charge in [0, 0.05) is 39.9 Å². The van der Waals surface area contributed by atoms with Crippen molar-refractivity contribution in [1.82, 2.24) is 5.32 Å². The number of nitrogens with one attached hydrogen (secondary N) is 1. The van der Waals surface area contributed by atoms with Gasteiger partial charge in [0.05, 0.1) is 0 Å². The second-order valence-electron chi connectivity index (χ2n) is 4.63. The van der Waals surface area contributed by atoms with Crippen molar-refractivity contribution in [3.8, 4) is 0 Å². The summed E-state index contributed by atoms with van der Waals surface area (Å²) in [4.78, 5) is 27.0. The maximum Gasteiger partial charge on any atom is 0.300 e. The topological polar surface area (TPSA) is 150 Å². The van der Waals surface area contributed by atoms with E-state index in [-0.39, 0.29) is 0 Å². The molecule has 1 rings (SSSR count). The summed E-state index contributed by atoms with van der Waals surface area (Å²) in [5.41, 5.74) is 5.38. The van der Waals surface area contributed by atoms with E-state index in [0.717, 1.165) is 39.9 Å². The first-order valence-electron chi connectivity index (χ1n) is 7.15. The van der Waals surface area contributed by atoms with Gasteiger partial charge in [-0.05, 0) is 12.8 Å². The normalized spacial score (nSPS) is 13.1. The van der Waals surface area contributed by atoms with Gasteiger partial charge in [0.25, 0.3) is 17.9 Å². The summed E-state index contributed by atoms with van der Waals surface area (Å²) in [6.45, 7) is 5.02. The molecule has 0 heterocycles. The molecule has 0 unspecified atom stereocenters. The summed E-state index contributed by atoms with van der Waals surface area (Å²) >= 11 is 0. The van der Waals surface area contributed by atoms with Crippen LogP contribution in [0.3, 0.4) is 0 Å². The minimum absolute atomic E-state index is 0.774. The molecular formula is C14H30N2O6. The van der Waals surface area contributed by atoms with Crippen molar-refractivity contribution in [2.24, 2.45) is 5.73 Å². The first-order valence-corrected chi connectivity index (χ1v) is 7.15. The number of carboxylic acids is 3. The van der Waals surface area contributed by atoms with E-state index in [2.05, 4.69) is 5.32 Å². The van der Waals surface area contributed by atoms with Crippen LogP contribution in [-0.2, 0) is 14.4 Å². The SMILES string of the molecule is CC(=O)O.CC(=O)O.CC(=O)O.NCCNC1CCCCC1. The van der Waals surface area contributed by atoms with Crippen molar-refractivity contribution < 1.29 is 29.7 Å². The van der Waals surface area contributed by atoms with Crippen molar-refractivity contribution in [1.29, 1.82) is 0 Å². The number of hydrogen-bond donors (Lipinski definition) is 5. The third kappa shape index (κ3) is 51.6. The highest BCUT2D eigenvalue weighted by atomic mass is 16.4. The molecule has 22 heavy (non-hydrogen) atoms. The molecule has 1 fully saturated rings. The van der Waals surface area contributed by atoms with Gasteiger partial charge in [0.1, 0.15) is 0 Å². The van der Waals surface area contributed by atoms with Crippen LogP contribution < -0.4 is 11.1 Å². The quantitative estimate of drug-likeness (QED) is 0.519. The van der Waals surface area contributed by atoms with Crippen LogP contribution >= 0.6 is 0 Å². The lowest BCUT2D eigenvalue weighted by Gasteiger charge is -2.22. The average Bonchev–Trinajstić information content (AvgIpc) is 2.35. The molecule has 0 atom stereocenters. The predicted octanol–water partition coefficient (Wildman–Crippen LogP) is 1.14. The molecule has 0 saturated heterocycles. The standard InChI is InChI=1S/C8H18N2.3C2H4O2/c9-6-7-10-8-4-2-1-3-5-8;3*1-2(3)4/h8,10H,1-7,9H2;3*1H3,(H,3,4). The van der Waals surface area contributed by atoms with Gasteiger partial charge < -0.3 is 26.4 Å². The van der Waals surface area contributed by atoms with E-state index in [9.17, 15) is 0 Å². The van der Waals surface area contributed by atoms with E-state index in [4.69, 9.17) is 35.4 Å². The average molecular weight is 322 g/mol. The maximum atomic E-state index is 9.00. The molecule has 6 N–H and O–H groups in total. The smallest absolute Gasteiger partial charge is 0.300 e. The second-order valence-corrected chi connectivity index (χ2v) is 4.63. The summed E-state index contributed by atoms with van der Waals surface area (Å²) < 4.78 is 0. The van der Waals surface area contributed by atoms with Crippen molar-refractivity contribution in [3.05, 3.63) is 0 Å². The molecule has 0 spiro atoms. The molecule has 1 aliphatic rings. The second kappa shape index (κ2) is 19.3. The van der Waals surface area contributed by atoms with Crippen molar-refractivity contribution in [2.45, 2.75) is 58.9 Å². The fraction of sp³-hybridized carbons (Fsp3) is 0.786. The Balaban J connectivity index is -0.000000253. The van der Waals surface area contributed by atoms with E-state index in [1.54, 1.807) is 0 Å². The largest absolute Gasteiger partial charge is 0.481 e. The first-order chi connectivity index (χ1) is 10.1. The summed E-state index contributed by atoms with van der Waals surface area (Å²) in [7, 11) is 0. The minimum Gasteiger partial charge on any atom is -0.481 e. The molecule has 0 radical (unpaired) electrons. The highest BCUT2D eigenvalue weighted by Gasteiger charge is 2.10. The fourth-order valence-corrected chi connectivity index (χ4v) is 1.59. The zero-order valence-corrected chi connectivity index (χ0v) is 13.7. The third-order valence-corrected chi connectivity index (χ3v) is 2.18. The number of aliphatic carboxylic acids is 3. The third-order valence-electron chi connectivity index (χ3n) is 2.18. The molecule has 0 aromatic rings. The lowest BCUT2D eigenvalue weighted by molar-refractivity contribution is -0.135. The van der Waals surface area contributed by atoms with Crippen LogP contribution in [0.25, 0.3) is 0 Å². The Morgan fingerprint density at radius 1 is 0.909 bits per heavy atom. The van der Waals surface area contributed by atoms with Gasteiger partial charge in [0.2, 0.25) is 0 Å². The van der Waals surface area contributed by atoms with Crippen LogP contribution in [0.15, 0.2) is 0 Å². The van der Waals surface area contributed by atoms with E-state index in [1.807, 2.05) is 0 Å². The molecule has 0 bridgehead atoms. The maximum absolute atomic E-state index is 9.00. The van der Waals surface area contributed by atoms with Gasteiger partial charge in [-0.25, -0.2) is 0 Å². The zero-order chi connectivity index (χ0) is 18.0. The van der Waals surface area contributed by atoms with Gasteiger partial charge in [-0.1, -0.05) is 19.3 Å². The molecule has 0 aromatic heterocycles. The van der Waals surface area contributed by atoms with Crippen molar-refractivity contribution in [2.75, 3.05) is 13.1 Å². The highest BCUT2D eigenvalue weighted by Crippen LogP contribution is 2.16. The number of rotatable bonds is 3. The summed E-state index contributed by atoms with van der Waals surface area (Å²) in [6, 6.07) is 0.775. The van der Waals surface area contributed by atoms with Crippen molar-refractivity contribution >= 4 is 17.9 Å². The summed E-state index contributed by atoms with van der Waals surface area (Å²) in [6.07, 6.45) is 6.96. The number of nitrogens with two attached hydrogens (primary N) is 1. The van der Waals surface area contributed by atoms with E-state index < -0.39 is 17.9 Å². The molecule has 8 heteroatoms. The molecule has 0 aromatic carbocycles. The summed E-state index contributed by atoms with van der Waals surface area (Å²) in [5.74, 6) is -2.50. The Hall–Kier alpha value is -1.67. The van der Waals surface area contributed by atoms with Crippen LogP contribution in [-0.4, -0.2) is 52.4 Å². The lowest BCUT2D eigenvalue weighted by Crippen LogP contribution is -2.34. The van der Waals surface area contributed by atoms with Gasteiger partial charge in [-0.2, -0.15) is 0 Å². The van der Waals surface area contributed by atoms with Crippen LogP contribution in [0, 0.1) is 0 Å². The Morgan fingerprint density at radius 2 is 1.23 bits per heavy atom. The Labute approximate surface area is 131 Å². The minimum atomic E-state index is -0.833. The fourth-order valence-electron chi connectivity index (χ4n) is 1.59. The molecule has 0 aliphatic heterocycles. The monoisotopic (exact) mass is 322 g/mol. The van der Waals surface area contributed by atoms with E-state index in [0.29, 0.717) is 0 Å². The Kier molecular flexibility index (Phi) is 22.2. The van der Waals surface area contributed by atoms with E-state index in [1.165, 1.54) is 32.1 Å². The Morgan fingerprint density at radius 3 is 1.50 bits per heavy atom. The molecule has 0 amide bonds. The van der Waals surface area contributed by atoms with Crippen LogP contribution in [0.5, 0.6) is 0 Å². The molecule has 8 nitrogen and oxygen atoms in total. The summed E-state index contributed by atoms with van der Waals surface area (Å²) in [5, 5.41) is 25.7. The first kappa shape index (κ1) is 25.3. The number of hydrogen-bond acceptors (Lipinski definition) is 5. The van der Waals surface area contributed by atoms with Gasteiger partial charge in [0.15, 0.2) is 0 Å². The van der Waals surface area contributed by atoms with E-state index >= 15 is 0 Å². The molecule has 1 saturated carbocycles. The molecular weight excluding hydrogens is 292 g/mol. The zero-order valence-electron chi connectivity index (χ0n) is 13.7. The molecule has 132 valence electrons. The van der Waals surface area contributed by atoms with Gasteiger partial charge >= 0.3 is 0 Å². The number of carboxylic acid groups (broad SMARTS) is 3. The number of carbonyl (C=O) groups is 3. The van der Waals surface area contributed by atoms with Crippen LogP contribution in [0.4, 0.5) is 0 Å². The lowest BCUT2D eigenvalue weighted by atomic mass is 9.96. The highest BCUT2D eigenvalue weighted by molar-refractivity contribution is 5.63. The van der Waals surface area contributed by atoms with Crippen LogP contribution in [0.2, 0.25) is 0 Å².